The number of benzene rings is 1. The molecule has 1 aromatic heterocycles. The summed E-state index contributed by atoms with van der Waals surface area (Å²) in [6, 6.07) is 10.4. The summed E-state index contributed by atoms with van der Waals surface area (Å²) >= 11 is 0. The van der Waals surface area contributed by atoms with E-state index in [0.29, 0.717) is 26.4 Å². The van der Waals surface area contributed by atoms with E-state index in [4.69, 9.17) is 13.9 Å². The first kappa shape index (κ1) is 18.9. The van der Waals surface area contributed by atoms with E-state index in [2.05, 4.69) is 5.32 Å². The van der Waals surface area contributed by atoms with Crippen molar-refractivity contribution in [3.8, 4) is 5.75 Å². The molecule has 0 spiro atoms. The largest absolute Gasteiger partial charge is 0.494 e. The number of carbonyl (C=O) groups is 1. The second kappa shape index (κ2) is 8.22. The number of furan rings is 1. The van der Waals surface area contributed by atoms with Gasteiger partial charge in [-0.1, -0.05) is 12.1 Å². The van der Waals surface area contributed by atoms with E-state index in [9.17, 15) is 14.9 Å². The minimum Gasteiger partial charge on any atom is -0.494 e. The van der Waals surface area contributed by atoms with Gasteiger partial charge in [0.15, 0.2) is 5.76 Å². The third-order valence-electron chi connectivity index (χ3n) is 4.81. The van der Waals surface area contributed by atoms with Crippen molar-refractivity contribution in [2.24, 2.45) is 0 Å². The second-order valence-electron chi connectivity index (χ2n) is 6.43. The van der Waals surface area contributed by atoms with Crippen molar-refractivity contribution in [3.63, 3.8) is 0 Å². The predicted octanol–water partition coefficient (Wildman–Crippen LogP) is 3.06. The molecule has 1 fully saturated rings. The molecule has 8 nitrogen and oxygen atoms in total. The Morgan fingerprint density at radius 3 is 2.52 bits per heavy atom. The summed E-state index contributed by atoms with van der Waals surface area (Å²) < 4.78 is 16.0. The van der Waals surface area contributed by atoms with E-state index in [1.165, 1.54) is 12.1 Å². The van der Waals surface area contributed by atoms with Crippen molar-refractivity contribution in [2.75, 3.05) is 26.4 Å². The zero-order valence-electron chi connectivity index (χ0n) is 15.1. The van der Waals surface area contributed by atoms with Gasteiger partial charge in [0.25, 0.3) is 5.91 Å². The molecule has 3 rings (SSSR count). The molecule has 8 heteroatoms. The molecule has 2 aromatic rings. The molecule has 27 heavy (non-hydrogen) atoms. The highest BCUT2D eigenvalue weighted by Crippen LogP contribution is 2.35. The molecular formula is C19H22N2O6. The van der Waals surface area contributed by atoms with Gasteiger partial charge < -0.3 is 19.2 Å². The Morgan fingerprint density at radius 2 is 1.93 bits per heavy atom. The quantitative estimate of drug-likeness (QED) is 0.590. The lowest BCUT2D eigenvalue weighted by Gasteiger charge is -2.38. The van der Waals surface area contributed by atoms with Gasteiger partial charge in [-0.25, -0.2) is 0 Å². The zero-order valence-corrected chi connectivity index (χ0v) is 15.1. The fraction of sp³-hybridized carbons (Fsp3) is 0.421. The molecule has 1 N–H and O–H groups in total. The highest BCUT2D eigenvalue weighted by atomic mass is 16.6. The average Bonchev–Trinajstić information content (AvgIpc) is 3.18. The van der Waals surface area contributed by atoms with Crippen LogP contribution in [0.4, 0.5) is 5.88 Å². The number of nitro groups is 1. The monoisotopic (exact) mass is 374 g/mol. The maximum absolute atomic E-state index is 12.4. The SMILES string of the molecule is CCOc1ccc(C2(CNC(=O)c3ccc([N+](=O)[O-])o3)CCOCC2)cc1. The molecule has 1 amide bonds. The Hall–Kier alpha value is -2.87. The van der Waals surface area contributed by atoms with Crippen molar-refractivity contribution < 1.29 is 23.6 Å². The van der Waals surface area contributed by atoms with E-state index >= 15 is 0 Å². The standard InChI is InChI=1S/C19H22N2O6/c1-2-26-15-5-3-14(4-6-15)19(9-11-25-12-10-19)13-20-18(22)16-7-8-17(27-16)21(23)24/h3-8H,2,9-13H2,1H3,(H,20,22). The van der Waals surface area contributed by atoms with Crippen molar-refractivity contribution in [1.82, 2.24) is 5.32 Å². The molecule has 1 aliphatic rings. The summed E-state index contributed by atoms with van der Waals surface area (Å²) in [7, 11) is 0. The normalized spacial score (nSPS) is 15.9. The molecule has 0 saturated carbocycles. The van der Waals surface area contributed by atoms with Crippen LogP contribution in [0.25, 0.3) is 0 Å². The van der Waals surface area contributed by atoms with Crippen molar-refractivity contribution in [3.05, 3.63) is 57.8 Å². The highest BCUT2D eigenvalue weighted by molar-refractivity contribution is 5.91. The first-order valence-electron chi connectivity index (χ1n) is 8.87. The van der Waals surface area contributed by atoms with E-state index in [1.807, 2.05) is 31.2 Å². The summed E-state index contributed by atoms with van der Waals surface area (Å²) in [5.41, 5.74) is 0.831. The minimum absolute atomic E-state index is 0.0735. The molecule has 0 unspecified atom stereocenters. The van der Waals surface area contributed by atoms with Crippen molar-refractivity contribution in [1.29, 1.82) is 0 Å². The Morgan fingerprint density at radius 1 is 1.22 bits per heavy atom. The summed E-state index contributed by atoms with van der Waals surface area (Å²) in [5, 5.41) is 13.6. The molecule has 1 aliphatic heterocycles. The number of amides is 1. The molecule has 0 bridgehead atoms. The smallest absolute Gasteiger partial charge is 0.433 e. The maximum atomic E-state index is 12.4. The average molecular weight is 374 g/mol. The van der Waals surface area contributed by atoms with Gasteiger partial charge in [-0.2, -0.15) is 0 Å². The maximum Gasteiger partial charge on any atom is 0.433 e. The Bertz CT molecular complexity index is 793. The van der Waals surface area contributed by atoms with Gasteiger partial charge in [-0.15, -0.1) is 0 Å². The fourth-order valence-electron chi connectivity index (χ4n) is 3.29. The number of nitrogens with zero attached hydrogens (tertiary/aromatic N) is 1. The van der Waals surface area contributed by atoms with Gasteiger partial charge >= 0.3 is 5.88 Å². The van der Waals surface area contributed by atoms with Crippen LogP contribution < -0.4 is 10.1 Å². The second-order valence-corrected chi connectivity index (χ2v) is 6.43. The van der Waals surface area contributed by atoms with Crippen LogP contribution in [-0.2, 0) is 10.2 Å². The fourth-order valence-corrected chi connectivity index (χ4v) is 3.29. The molecule has 0 radical (unpaired) electrons. The number of ether oxygens (including phenoxy) is 2. The van der Waals surface area contributed by atoms with Gasteiger partial charge in [0, 0.05) is 25.2 Å². The summed E-state index contributed by atoms with van der Waals surface area (Å²) in [6.45, 7) is 4.13. The summed E-state index contributed by atoms with van der Waals surface area (Å²) in [4.78, 5) is 22.4. The van der Waals surface area contributed by atoms with Crippen molar-refractivity contribution >= 4 is 11.8 Å². The lowest BCUT2D eigenvalue weighted by atomic mass is 9.74. The van der Waals surface area contributed by atoms with Crippen LogP contribution in [0, 0.1) is 10.1 Å². The van der Waals surface area contributed by atoms with Crippen LogP contribution in [-0.4, -0.2) is 37.2 Å². The molecule has 0 aliphatic carbocycles. The van der Waals surface area contributed by atoms with Crippen LogP contribution in [0.1, 0.15) is 35.9 Å². The first-order chi connectivity index (χ1) is 13.0. The van der Waals surface area contributed by atoms with E-state index < -0.39 is 16.7 Å². The van der Waals surface area contributed by atoms with Crippen molar-refractivity contribution in [2.45, 2.75) is 25.2 Å². The van der Waals surface area contributed by atoms with E-state index in [-0.39, 0.29) is 11.2 Å². The number of hydrogen-bond acceptors (Lipinski definition) is 6. The summed E-state index contributed by atoms with van der Waals surface area (Å²) in [5.74, 6) is -0.196. The van der Waals surface area contributed by atoms with E-state index in [0.717, 1.165) is 24.2 Å². The van der Waals surface area contributed by atoms with Crippen LogP contribution in [0.15, 0.2) is 40.8 Å². The Kier molecular flexibility index (Phi) is 5.75. The Labute approximate surface area is 156 Å². The molecule has 2 heterocycles. The first-order valence-corrected chi connectivity index (χ1v) is 8.87. The number of hydrogen-bond donors (Lipinski definition) is 1. The lowest BCUT2D eigenvalue weighted by molar-refractivity contribution is -0.402. The van der Waals surface area contributed by atoms with Gasteiger partial charge in [0.1, 0.15) is 10.7 Å². The third-order valence-corrected chi connectivity index (χ3v) is 4.81. The third kappa shape index (κ3) is 4.28. The minimum atomic E-state index is -0.670. The zero-order chi connectivity index (χ0) is 19.3. The number of nitrogens with one attached hydrogen (secondary N) is 1. The Balaban J connectivity index is 1.74. The topological polar surface area (TPSA) is 104 Å². The van der Waals surface area contributed by atoms with Crippen LogP contribution in [0.3, 0.4) is 0 Å². The van der Waals surface area contributed by atoms with Crippen LogP contribution in [0.2, 0.25) is 0 Å². The molecule has 144 valence electrons. The van der Waals surface area contributed by atoms with Crippen LogP contribution >= 0.6 is 0 Å². The summed E-state index contributed by atoms with van der Waals surface area (Å²) in [6.07, 6.45) is 1.53. The predicted molar refractivity (Wildman–Crippen MR) is 97.0 cm³/mol. The number of carbonyl (C=O) groups excluding carboxylic acids is 1. The number of rotatable bonds is 7. The molecule has 1 aromatic carbocycles. The molecular weight excluding hydrogens is 352 g/mol. The van der Waals surface area contributed by atoms with Gasteiger partial charge in [0.05, 0.1) is 12.7 Å². The van der Waals surface area contributed by atoms with Gasteiger partial charge in [-0.05, 0) is 43.5 Å². The molecule has 1 saturated heterocycles. The van der Waals surface area contributed by atoms with Crippen LogP contribution in [0.5, 0.6) is 5.75 Å². The lowest BCUT2D eigenvalue weighted by Crippen LogP contribution is -2.44. The van der Waals surface area contributed by atoms with Gasteiger partial charge in [-0.3, -0.25) is 14.9 Å². The van der Waals surface area contributed by atoms with E-state index in [1.54, 1.807) is 0 Å². The highest BCUT2D eigenvalue weighted by Gasteiger charge is 2.35. The molecule has 0 atom stereocenters. The van der Waals surface area contributed by atoms with Gasteiger partial charge in [0.2, 0.25) is 0 Å².